The molecule has 0 radical (unpaired) electrons. The topological polar surface area (TPSA) is 57.4 Å². The van der Waals surface area contributed by atoms with E-state index < -0.39 is 0 Å². The lowest BCUT2D eigenvalue weighted by atomic mass is 9.64. The molecule has 1 fully saturated rings. The molecule has 0 spiro atoms. The predicted octanol–water partition coefficient (Wildman–Crippen LogP) is 4.39. The number of rotatable bonds is 4. The number of carbonyl (C=O) groups is 1. The van der Waals surface area contributed by atoms with Crippen molar-refractivity contribution in [1.82, 2.24) is 15.2 Å². The summed E-state index contributed by atoms with van der Waals surface area (Å²) in [6.45, 7) is 8.89. The Labute approximate surface area is 161 Å². The highest BCUT2D eigenvalue weighted by Gasteiger charge is 2.50. The number of fused-ring (bicyclic) bond motifs is 5. The second-order valence-electron chi connectivity index (χ2n) is 8.03. The van der Waals surface area contributed by atoms with Crippen molar-refractivity contribution < 1.29 is 9.53 Å². The van der Waals surface area contributed by atoms with Crippen LogP contribution in [0.3, 0.4) is 0 Å². The molecule has 5 heteroatoms. The molecule has 5 nitrogen and oxygen atoms in total. The summed E-state index contributed by atoms with van der Waals surface area (Å²) in [5.74, 6) is 0. The summed E-state index contributed by atoms with van der Waals surface area (Å²) in [4.78, 5) is 18.5. The number of hydrogen-bond acceptors (Lipinski definition) is 3. The van der Waals surface area contributed by atoms with E-state index in [2.05, 4.69) is 53.3 Å². The Morgan fingerprint density at radius 2 is 2.19 bits per heavy atom. The van der Waals surface area contributed by atoms with Crippen LogP contribution >= 0.6 is 0 Å². The molecule has 2 aliphatic rings. The number of benzene rings is 1. The summed E-state index contributed by atoms with van der Waals surface area (Å²) in [5.41, 5.74) is 4.06. The minimum absolute atomic E-state index is 0.00105. The summed E-state index contributed by atoms with van der Waals surface area (Å²) < 4.78 is 5.17. The maximum atomic E-state index is 12.1. The number of hydrogen-bond donors (Lipinski definition) is 2. The maximum Gasteiger partial charge on any atom is 0.407 e. The molecule has 0 bridgehead atoms. The SMILES string of the molecule is CCOC(=O)NC(C)C1(CC)CCCN2CCc3c([nH]c4ccccc34)C21. The number of aromatic amines is 1. The van der Waals surface area contributed by atoms with E-state index in [1.807, 2.05) is 6.92 Å². The van der Waals surface area contributed by atoms with Gasteiger partial charge in [0.1, 0.15) is 0 Å². The van der Waals surface area contributed by atoms with E-state index in [4.69, 9.17) is 4.74 Å². The van der Waals surface area contributed by atoms with Gasteiger partial charge in [-0.2, -0.15) is 0 Å². The van der Waals surface area contributed by atoms with Gasteiger partial charge in [-0.1, -0.05) is 25.1 Å². The molecule has 2 N–H and O–H groups in total. The van der Waals surface area contributed by atoms with Crippen LogP contribution in [0.25, 0.3) is 10.9 Å². The Kier molecular flexibility index (Phi) is 4.89. The monoisotopic (exact) mass is 369 g/mol. The van der Waals surface area contributed by atoms with E-state index in [1.165, 1.54) is 28.6 Å². The van der Waals surface area contributed by atoms with Crippen LogP contribution in [0.2, 0.25) is 0 Å². The lowest BCUT2D eigenvalue weighted by Gasteiger charge is -2.54. The Balaban J connectivity index is 1.77. The fraction of sp³-hybridized carbons (Fsp3) is 0.591. The van der Waals surface area contributed by atoms with Crippen molar-refractivity contribution in [2.24, 2.45) is 5.41 Å². The van der Waals surface area contributed by atoms with Crippen molar-refractivity contribution >= 4 is 17.0 Å². The standard InChI is InChI=1S/C22H31N3O2/c1-4-22(15(3)23-21(26)27-5-2)12-8-13-25-14-11-17-16-9-6-7-10-18(16)24-19(17)20(22)25/h6-7,9-10,15,20,24H,4-5,8,11-14H2,1-3H3,(H,23,26). The van der Waals surface area contributed by atoms with Gasteiger partial charge < -0.3 is 15.0 Å². The number of alkyl carbamates (subject to hydrolysis) is 1. The van der Waals surface area contributed by atoms with Crippen LogP contribution in [0.4, 0.5) is 4.79 Å². The van der Waals surface area contributed by atoms with Crippen LogP contribution in [-0.4, -0.2) is 41.7 Å². The highest BCUT2D eigenvalue weighted by molar-refractivity contribution is 5.85. The van der Waals surface area contributed by atoms with Gasteiger partial charge in [-0.3, -0.25) is 4.90 Å². The third kappa shape index (κ3) is 2.92. The Bertz CT molecular complexity index is 830. The number of H-pyrrole nitrogens is 1. The average molecular weight is 370 g/mol. The Hall–Kier alpha value is -2.01. The van der Waals surface area contributed by atoms with Crippen molar-refractivity contribution in [3.8, 4) is 0 Å². The van der Waals surface area contributed by atoms with E-state index in [-0.39, 0.29) is 17.6 Å². The quantitative estimate of drug-likeness (QED) is 0.840. The van der Waals surface area contributed by atoms with Crippen molar-refractivity contribution in [2.75, 3.05) is 19.7 Å². The molecular formula is C22H31N3O2. The highest BCUT2D eigenvalue weighted by atomic mass is 16.5. The third-order valence-corrected chi connectivity index (χ3v) is 6.90. The van der Waals surface area contributed by atoms with Gasteiger partial charge in [-0.05, 0) is 57.7 Å². The molecule has 3 unspecified atom stereocenters. The number of para-hydroxylation sites is 1. The molecule has 146 valence electrons. The van der Waals surface area contributed by atoms with Gasteiger partial charge in [0.25, 0.3) is 0 Å². The molecular weight excluding hydrogens is 338 g/mol. The smallest absolute Gasteiger partial charge is 0.407 e. The summed E-state index contributed by atoms with van der Waals surface area (Å²) in [7, 11) is 0. The fourth-order valence-electron chi connectivity index (χ4n) is 5.55. The van der Waals surface area contributed by atoms with E-state index in [0.29, 0.717) is 12.6 Å². The number of piperidine rings is 1. The third-order valence-electron chi connectivity index (χ3n) is 6.90. The predicted molar refractivity (Wildman–Crippen MR) is 108 cm³/mol. The molecule has 3 heterocycles. The van der Waals surface area contributed by atoms with Crippen LogP contribution in [0, 0.1) is 5.41 Å². The first-order valence-electron chi connectivity index (χ1n) is 10.4. The number of nitrogens with zero attached hydrogens (tertiary/aromatic N) is 1. The number of carbonyl (C=O) groups excluding carboxylic acids is 1. The zero-order valence-corrected chi connectivity index (χ0v) is 16.7. The zero-order chi connectivity index (χ0) is 19.0. The highest BCUT2D eigenvalue weighted by Crippen LogP contribution is 2.53. The van der Waals surface area contributed by atoms with Gasteiger partial charge in [0.2, 0.25) is 0 Å². The molecule has 0 saturated carbocycles. The molecule has 1 aromatic heterocycles. The van der Waals surface area contributed by atoms with Crippen LogP contribution in [-0.2, 0) is 11.2 Å². The lowest BCUT2D eigenvalue weighted by Crippen LogP contribution is -2.57. The number of aromatic nitrogens is 1. The van der Waals surface area contributed by atoms with Gasteiger partial charge in [0.15, 0.2) is 0 Å². The fourth-order valence-corrected chi connectivity index (χ4v) is 5.55. The number of ether oxygens (including phenoxy) is 1. The zero-order valence-electron chi connectivity index (χ0n) is 16.7. The van der Waals surface area contributed by atoms with Crippen molar-refractivity contribution in [1.29, 1.82) is 0 Å². The Morgan fingerprint density at radius 1 is 1.37 bits per heavy atom. The molecule has 3 atom stereocenters. The molecule has 2 aromatic rings. The molecule has 0 aliphatic carbocycles. The van der Waals surface area contributed by atoms with Crippen molar-refractivity contribution in [3.63, 3.8) is 0 Å². The average Bonchev–Trinajstić information content (AvgIpc) is 3.06. The molecule has 1 aromatic carbocycles. The number of amides is 1. The molecule has 2 aliphatic heterocycles. The number of nitrogens with one attached hydrogen (secondary N) is 2. The minimum Gasteiger partial charge on any atom is -0.450 e. The van der Waals surface area contributed by atoms with Crippen LogP contribution < -0.4 is 5.32 Å². The van der Waals surface area contributed by atoms with Crippen LogP contribution in [0.1, 0.15) is 57.3 Å². The second kappa shape index (κ2) is 7.19. The summed E-state index contributed by atoms with van der Waals surface area (Å²) in [6.07, 6.45) is 4.11. The summed E-state index contributed by atoms with van der Waals surface area (Å²) in [5, 5.41) is 4.49. The van der Waals surface area contributed by atoms with Gasteiger partial charge >= 0.3 is 6.09 Å². The first-order chi connectivity index (χ1) is 13.1. The van der Waals surface area contributed by atoms with Crippen LogP contribution in [0.5, 0.6) is 0 Å². The maximum absolute atomic E-state index is 12.1. The van der Waals surface area contributed by atoms with Gasteiger partial charge in [0.05, 0.1) is 12.6 Å². The normalized spacial score (nSPS) is 26.3. The molecule has 1 amide bonds. The summed E-state index contributed by atoms with van der Waals surface area (Å²) in [6, 6.07) is 8.99. The van der Waals surface area contributed by atoms with Gasteiger partial charge in [-0.15, -0.1) is 0 Å². The van der Waals surface area contributed by atoms with Gasteiger partial charge in [-0.25, -0.2) is 4.79 Å². The van der Waals surface area contributed by atoms with E-state index >= 15 is 0 Å². The largest absolute Gasteiger partial charge is 0.450 e. The molecule has 27 heavy (non-hydrogen) atoms. The Morgan fingerprint density at radius 3 is 2.96 bits per heavy atom. The van der Waals surface area contributed by atoms with Crippen LogP contribution in [0.15, 0.2) is 24.3 Å². The van der Waals surface area contributed by atoms with Crippen molar-refractivity contribution in [2.45, 2.75) is 58.5 Å². The summed E-state index contributed by atoms with van der Waals surface area (Å²) >= 11 is 0. The van der Waals surface area contributed by atoms with Crippen molar-refractivity contribution in [3.05, 3.63) is 35.5 Å². The lowest BCUT2D eigenvalue weighted by molar-refractivity contribution is -0.0235. The molecule has 4 rings (SSSR count). The van der Waals surface area contributed by atoms with E-state index in [9.17, 15) is 4.79 Å². The first-order valence-corrected chi connectivity index (χ1v) is 10.4. The molecule has 1 saturated heterocycles. The minimum atomic E-state index is -0.303. The van der Waals surface area contributed by atoms with E-state index in [0.717, 1.165) is 32.4 Å². The van der Waals surface area contributed by atoms with E-state index in [1.54, 1.807) is 0 Å². The van der Waals surface area contributed by atoms with Gasteiger partial charge in [0, 0.05) is 34.6 Å². The second-order valence-corrected chi connectivity index (χ2v) is 8.03. The first kappa shape index (κ1) is 18.4.